The molecular weight excluding hydrogens is 274 g/mol. The first kappa shape index (κ1) is 15.1. The molecule has 0 atom stereocenters. The smallest absolute Gasteiger partial charge is 0.119 e. The van der Waals surface area contributed by atoms with Crippen molar-refractivity contribution in [2.45, 2.75) is 39.3 Å². The average molecular weight is 299 g/mol. The van der Waals surface area contributed by atoms with Crippen molar-refractivity contribution in [1.82, 2.24) is 14.5 Å². The van der Waals surface area contributed by atoms with Crippen molar-refractivity contribution < 1.29 is 4.74 Å². The van der Waals surface area contributed by atoms with Crippen molar-refractivity contribution in [2.24, 2.45) is 0 Å². The zero-order chi connectivity index (χ0) is 15.4. The van der Waals surface area contributed by atoms with Crippen LogP contribution in [0.4, 0.5) is 0 Å². The van der Waals surface area contributed by atoms with Crippen LogP contribution in [0.15, 0.2) is 36.8 Å². The molecule has 1 heterocycles. The summed E-state index contributed by atoms with van der Waals surface area (Å²) in [6.07, 6.45) is 6.57. The molecule has 4 heteroatoms. The molecule has 3 rings (SSSR count). The van der Waals surface area contributed by atoms with E-state index in [-0.39, 0.29) is 0 Å². The quantitative estimate of drug-likeness (QED) is 0.748. The Morgan fingerprint density at radius 2 is 2.23 bits per heavy atom. The summed E-state index contributed by atoms with van der Waals surface area (Å²) in [5.74, 6) is 0.957. The highest BCUT2D eigenvalue weighted by atomic mass is 16.5. The fourth-order valence-electron chi connectivity index (χ4n) is 2.71. The largest absolute Gasteiger partial charge is 0.492 e. The van der Waals surface area contributed by atoms with E-state index in [1.807, 2.05) is 24.7 Å². The monoisotopic (exact) mass is 299 g/mol. The summed E-state index contributed by atoms with van der Waals surface area (Å²) in [6, 6.07) is 8.92. The van der Waals surface area contributed by atoms with Crippen molar-refractivity contribution in [2.75, 3.05) is 19.7 Å². The van der Waals surface area contributed by atoms with Crippen LogP contribution < -0.4 is 4.74 Å². The van der Waals surface area contributed by atoms with Crippen LogP contribution in [0.2, 0.25) is 0 Å². The summed E-state index contributed by atoms with van der Waals surface area (Å²) in [4.78, 5) is 6.72. The van der Waals surface area contributed by atoms with Crippen LogP contribution in [0.5, 0.6) is 5.75 Å². The minimum absolute atomic E-state index is 0.694. The predicted octanol–water partition coefficient (Wildman–Crippen LogP) is 3.43. The van der Waals surface area contributed by atoms with Gasteiger partial charge in [-0.05, 0) is 44.0 Å². The molecule has 0 aliphatic heterocycles. The first-order chi connectivity index (χ1) is 10.8. The number of likely N-dealkylation sites (N-methyl/N-ethyl adjacent to an activating group) is 1. The lowest BCUT2D eigenvalue weighted by atomic mass is 10.2. The van der Waals surface area contributed by atoms with E-state index in [2.05, 4.69) is 40.4 Å². The Kier molecular flexibility index (Phi) is 4.78. The maximum atomic E-state index is 5.86. The average Bonchev–Trinajstić information content (AvgIpc) is 3.26. The van der Waals surface area contributed by atoms with Gasteiger partial charge in [0.05, 0.1) is 12.0 Å². The summed E-state index contributed by atoms with van der Waals surface area (Å²) < 4.78 is 8.20. The van der Waals surface area contributed by atoms with Crippen LogP contribution in [0.25, 0.3) is 0 Å². The molecule has 2 aromatic rings. The number of aromatic nitrogens is 2. The molecule has 1 aromatic heterocycles. The Labute approximate surface area is 132 Å². The topological polar surface area (TPSA) is 30.3 Å². The van der Waals surface area contributed by atoms with Gasteiger partial charge in [0.1, 0.15) is 12.4 Å². The summed E-state index contributed by atoms with van der Waals surface area (Å²) in [7, 11) is 0. The number of imidazole rings is 1. The first-order valence-electron chi connectivity index (χ1n) is 8.19. The molecule has 4 nitrogen and oxygen atoms in total. The minimum Gasteiger partial charge on any atom is -0.492 e. The lowest BCUT2D eigenvalue weighted by Crippen LogP contribution is -2.28. The molecule has 0 saturated heterocycles. The second kappa shape index (κ2) is 6.97. The molecule has 0 unspecified atom stereocenters. The number of benzene rings is 1. The Morgan fingerprint density at radius 3 is 2.95 bits per heavy atom. The van der Waals surface area contributed by atoms with E-state index in [1.165, 1.54) is 24.1 Å². The standard InChI is InChI=1S/C18H25N3O/c1-3-20(9-10-22-18-6-4-5-15(2)11-18)13-17-12-19-14-21(17)16-7-8-16/h4-6,11-12,14,16H,3,7-10,13H2,1-2H3. The normalized spacial score (nSPS) is 14.5. The summed E-state index contributed by atoms with van der Waals surface area (Å²) in [5, 5.41) is 0. The number of nitrogens with zero attached hydrogens (tertiary/aromatic N) is 3. The zero-order valence-electron chi connectivity index (χ0n) is 13.5. The van der Waals surface area contributed by atoms with Gasteiger partial charge in [-0.25, -0.2) is 4.98 Å². The molecule has 0 N–H and O–H groups in total. The SMILES string of the molecule is CCN(CCOc1cccc(C)c1)Cc1cncn1C1CC1. The molecule has 118 valence electrons. The van der Waals surface area contributed by atoms with Crippen LogP contribution in [-0.2, 0) is 6.54 Å². The Hall–Kier alpha value is -1.81. The molecule has 1 aliphatic rings. The second-order valence-corrected chi connectivity index (χ2v) is 6.06. The van der Waals surface area contributed by atoms with Crippen LogP contribution >= 0.6 is 0 Å². The lowest BCUT2D eigenvalue weighted by Gasteiger charge is -2.21. The second-order valence-electron chi connectivity index (χ2n) is 6.06. The fourth-order valence-corrected chi connectivity index (χ4v) is 2.71. The van der Waals surface area contributed by atoms with Crippen molar-refractivity contribution in [3.63, 3.8) is 0 Å². The van der Waals surface area contributed by atoms with Gasteiger partial charge in [-0.2, -0.15) is 0 Å². The van der Waals surface area contributed by atoms with Crippen molar-refractivity contribution in [1.29, 1.82) is 0 Å². The number of rotatable bonds is 8. The highest BCUT2D eigenvalue weighted by Crippen LogP contribution is 2.35. The molecule has 1 aliphatic carbocycles. The maximum Gasteiger partial charge on any atom is 0.119 e. The molecule has 0 spiro atoms. The van der Waals surface area contributed by atoms with Crippen molar-refractivity contribution in [3.8, 4) is 5.75 Å². The van der Waals surface area contributed by atoms with Gasteiger partial charge in [-0.15, -0.1) is 0 Å². The molecule has 1 aromatic carbocycles. The maximum absolute atomic E-state index is 5.86. The van der Waals surface area contributed by atoms with Gasteiger partial charge in [0.2, 0.25) is 0 Å². The molecule has 1 saturated carbocycles. The van der Waals surface area contributed by atoms with Crippen LogP contribution in [-0.4, -0.2) is 34.1 Å². The van der Waals surface area contributed by atoms with Gasteiger partial charge in [0.15, 0.2) is 0 Å². The van der Waals surface area contributed by atoms with E-state index in [4.69, 9.17) is 4.74 Å². The Morgan fingerprint density at radius 1 is 1.36 bits per heavy atom. The van der Waals surface area contributed by atoms with E-state index in [0.717, 1.165) is 32.0 Å². The van der Waals surface area contributed by atoms with E-state index in [0.29, 0.717) is 6.04 Å². The van der Waals surface area contributed by atoms with Crippen molar-refractivity contribution >= 4 is 0 Å². The van der Waals surface area contributed by atoms with Crippen LogP contribution in [0, 0.1) is 6.92 Å². The van der Waals surface area contributed by atoms with Gasteiger partial charge >= 0.3 is 0 Å². The van der Waals surface area contributed by atoms with E-state index >= 15 is 0 Å². The van der Waals surface area contributed by atoms with Crippen LogP contribution in [0.1, 0.15) is 37.1 Å². The fraction of sp³-hybridized carbons (Fsp3) is 0.500. The third-order valence-electron chi connectivity index (χ3n) is 4.19. The molecule has 0 radical (unpaired) electrons. The molecule has 0 amide bonds. The predicted molar refractivity (Wildman–Crippen MR) is 88.1 cm³/mol. The molecule has 1 fully saturated rings. The molecule has 22 heavy (non-hydrogen) atoms. The number of hydrogen-bond acceptors (Lipinski definition) is 3. The zero-order valence-corrected chi connectivity index (χ0v) is 13.5. The third-order valence-corrected chi connectivity index (χ3v) is 4.19. The van der Waals surface area contributed by atoms with Gasteiger partial charge in [0, 0.05) is 25.3 Å². The number of hydrogen-bond donors (Lipinski definition) is 0. The third kappa shape index (κ3) is 3.89. The lowest BCUT2D eigenvalue weighted by molar-refractivity contribution is 0.206. The Bertz CT molecular complexity index is 604. The summed E-state index contributed by atoms with van der Waals surface area (Å²) in [6.45, 7) is 7.90. The van der Waals surface area contributed by atoms with Gasteiger partial charge in [-0.3, -0.25) is 4.90 Å². The van der Waals surface area contributed by atoms with E-state index in [1.54, 1.807) is 0 Å². The highest BCUT2D eigenvalue weighted by molar-refractivity contribution is 5.27. The van der Waals surface area contributed by atoms with E-state index in [9.17, 15) is 0 Å². The first-order valence-corrected chi connectivity index (χ1v) is 8.19. The summed E-state index contributed by atoms with van der Waals surface area (Å²) in [5.41, 5.74) is 2.55. The van der Waals surface area contributed by atoms with Crippen LogP contribution in [0.3, 0.4) is 0 Å². The minimum atomic E-state index is 0.694. The molecular formula is C18H25N3O. The van der Waals surface area contributed by atoms with Gasteiger partial charge < -0.3 is 9.30 Å². The van der Waals surface area contributed by atoms with Crippen molar-refractivity contribution in [3.05, 3.63) is 48.0 Å². The van der Waals surface area contributed by atoms with Gasteiger partial charge in [0.25, 0.3) is 0 Å². The highest BCUT2D eigenvalue weighted by Gasteiger charge is 2.25. The summed E-state index contributed by atoms with van der Waals surface area (Å²) >= 11 is 0. The van der Waals surface area contributed by atoms with E-state index < -0.39 is 0 Å². The number of ether oxygens (including phenoxy) is 1. The van der Waals surface area contributed by atoms with Gasteiger partial charge in [-0.1, -0.05) is 19.1 Å². The Balaban J connectivity index is 1.50. The number of aryl methyl sites for hydroxylation is 1. The molecule has 0 bridgehead atoms.